The van der Waals surface area contributed by atoms with Crippen molar-refractivity contribution >= 4 is 0 Å². The number of nitrogens with zero attached hydrogens (tertiary/aromatic N) is 1. The first-order valence-electron chi connectivity index (χ1n) is 6.38. The maximum absolute atomic E-state index is 5.81. The maximum Gasteiger partial charge on any atom is 0.150 e. The molecule has 100 valence electrons. The number of hydrogen-bond donors (Lipinski definition) is 0. The predicted octanol–water partition coefficient (Wildman–Crippen LogP) is 4.12. The van der Waals surface area contributed by atoms with Gasteiger partial charge in [0.2, 0.25) is 0 Å². The Bertz CT molecular complexity index is 509. The van der Waals surface area contributed by atoms with Crippen LogP contribution >= 0.6 is 0 Å². The van der Waals surface area contributed by atoms with Crippen molar-refractivity contribution in [3.63, 3.8) is 0 Å². The maximum atomic E-state index is 5.81. The summed E-state index contributed by atoms with van der Waals surface area (Å²) in [5.41, 5.74) is 2.05. The van der Waals surface area contributed by atoms with E-state index in [9.17, 15) is 0 Å². The van der Waals surface area contributed by atoms with E-state index >= 15 is 0 Å². The molecule has 0 bridgehead atoms. The molecule has 0 saturated heterocycles. The van der Waals surface area contributed by atoms with E-state index in [-0.39, 0.29) is 0 Å². The average Bonchev–Trinajstić information content (AvgIpc) is 2.41. The Morgan fingerprint density at radius 2 is 2.05 bits per heavy atom. The van der Waals surface area contributed by atoms with E-state index in [4.69, 9.17) is 4.74 Å². The van der Waals surface area contributed by atoms with E-state index in [1.54, 1.807) is 12.2 Å². The van der Waals surface area contributed by atoms with Crippen LogP contribution in [0.15, 0.2) is 60.4 Å². The summed E-state index contributed by atoms with van der Waals surface area (Å²) in [6.45, 7) is 11.5. The molecule has 0 saturated carbocycles. The Balaban J connectivity index is 3.07. The van der Waals surface area contributed by atoms with Crippen molar-refractivity contribution in [3.05, 3.63) is 60.4 Å². The monoisotopic (exact) mass is 255 g/mol. The Morgan fingerprint density at radius 1 is 1.32 bits per heavy atom. The van der Waals surface area contributed by atoms with Crippen molar-refractivity contribution in [2.24, 2.45) is 0 Å². The van der Waals surface area contributed by atoms with Crippen LogP contribution < -0.4 is 0 Å². The highest BCUT2D eigenvalue weighted by Crippen LogP contribution is 2.29. The Kier molecular flexibility index (Phi) is 5.75. The summed E-state index contributed by atoms with van der Waals surface area (Å²) in [5.74, 6) is 7.86. The number of hydrogen-bond acceptors (Lipinski definition) is 2. The number of ether oxygens (including phenoxy) is 1. The summed E-state index contributed by atoms with van der Waals surface area (Å²) in [7, 11) is 2.02. The molecule has 1 aliphatic rings. The fraction of sp³-hybridized carbons (Fsp3) is 0.294. The lowest BCUT2D eigenvalue weighted by atomic mass is 10.1. The minimum atomic E-state index is 0.687. The van der Waals surface area contributed by atoms with Crippen LogP contribution in [0.25, 0.3) is 0 Å². The zero-order valence-electron chi connectivity index (χ0n) is 12.0. The molecule has 0 spiro atoms. The Morgan fingerprint density at radius 3 is 2.63 bits per heavy atom. The van der Waals surface area contributed by atoms with Crippen molar-refractivity contribution in [3.8, 4) is 11.8 Å². The lowest BCUT2D eigenvalue weighted by Gasteiger charge is -2.30. The SMILES string of the molecule is C=C/C=C\C1=C(C=C)OC(C)=C(CC#CCC)N1C. The average molecular weight is 255 g/mol. The Labute approximate surface area is 116 Å². The van der Waals surface area contributed by atoms with E-state index in [0.29, 0.717) is 6.42 Å². The third-order valence-electron chi connectivity index (χ3n) is 2.82. The molecule has 0 radical (unpaired) electrons. The highest BCUT2D eigenvalue weighted by molar-refractivity contribution is 5.37. The van der Waals surface area contributed by atoms with Gasteiger partial charge < -0.3 is 9.64 Å². The molecule has 0 aromatic carbocycles. The molecule has 1 heterocycles. The molecule has 2 heteroatoms. The van der Waals surface area contributed by atoms with Gasteiger partial charge >= 0.3 is 0 Å². The number of allylic oxidation sites excluding steroid dienone is 6. The van der Waals surface area contributed by atoms with Crippen LogP contribution in [0.4, 0.5) is 0 Å². The standard InChI is InChI=1S/C17H21NO/c1-6-9-11-13-15-14(4)19-17(8-3)16(18(15)5)12-10-7-2/h7-8,10,12H,2-3,6,13H2,1,4-5H3/b12-10-. The van der Waals surface area contributed by atoms with E-state index in [0.717, 1.165) is 29.3 Å². The normalized spacial score (nSPS) is 15.2. The van der Waals surface area contributed by atoms with Gasteiger partial charge in [-0.1, -0.05) is 38.2 Å². The lowest BCUT2D eigenvalue weighted by Crippen LogP contribution is -2.23. The molecule has 19 heavy (non-hydrogen) atoms. The summed E-state index contributed by atoms with van der Waals surface area (Å²) in [6.07, 6.45) is 8.86. The van der Waals surface area contributed by atoms with Gasteiger partial charge in [-0.05, 0) is 19.1 Å². The molecule has 0 aromatic rings. The van der Waals surface area contributed by atoms with Crippen LogP contribution in [0.5, 0.6) is 0 Å². The van der Waals surface area contributed by atoms with Crippen LogP contribution in [0, 0.1) is 11.8 Å². The molecule has 2 nitrogen and oxygen atoms in total. The first-order chi connectivity index (χ1) is 9.15. The van der Waals surface area contributed by atoms with Gasteiger partial charge in [0.1, 0.15) is 11.5 Å². The van der Waals surface area contributed by atoms with Gasteiger partial charge in [0.15, 0.2) is 0 Å². The molecular weight excluding hydrogens is 234 g/mol. The molecule has 0 atom stereocenters. The lowest BCUT2D eigenvalue weighted by molar-refractivity contribution is 0.261. The van der Waals surface area contributed by atoms with E-state index < -0.39 is 0 Å². The first-order valence-corrected chi connectivity index (χ1v) is 6.38. The van der Waals surface area contributed by atoms with Crippen molar-refractivity contribution < 1.29 is 4.74 Å². The first kappa shape index (κ1) is 14.9. The van der Waals surface area contributed by atoms with Gasteiger partial charge in [-0.3, -0.25) is 0 Å². The van der Waals surface area contributed by atoms with Crippen LogP contribution in [0.2, 0.25) is 0 Å². The second-order valence-electron chi connectivity index (χ2n) is 4.10. The molecule has 0 aromatic heterocycles. The third-order valence-corrected chi connectivity index (χ3v) is 2.82. The van der Waals surface area contributed by atoms with Gasteiger partial charge in [0.25, 0.3) is 0 Å². The van der Waals surface area contributed by atoms with Gasteiger partial charge in [-0.2, -0.15) is 0 Å². The summed E-state index contributed by atoms with van der Waals surface area (Å²) in [5, 5.41) is 0. The van der Waals surface area contributed by atoms with Crippen LogP contribution in [0.1, 0.15) is 26.7 Å². The molecule has 0 fully saturated rings. The highest BCUT2D eigenvalue weighted by Gasteiger charge is 2.21. The second-order valence-corrected chi connectivity index (χ2v) is 4.10. The Hall–Kier alpha value is -2.14. The number of likely N-dealkylation sites (N-methyl/N-ethyl adjacent to an activating group) is 1. The van der Waals surface area contributed by atoms with E-state index in [2.05, 4.69) is 29.9 Å². The molecule has 0 N–H and O–H groups in total. The molecule has 0 aliphatic carbocycles. The second kappa shape index (κ2) is 7.33. The van der Waals surface area contributed by atoms with Crippen LogP contribution in [-0.4, -0.2) is 11.9 Å². The van der Waals surface area contributed by atoms with Crippen LogP contribution in [-0.2, 0) is 4.74 Å². The summed E-state index contributed by atoms with van der Waals surface area (Å²) >= 11 is 0. The van der Waals surface area contributed by atoms with Crippen molar-refractivity contribution in [2.75, 3.05) is 7.05 Å². The zero-order valence-corrected chi connectivity index (χ0v) is 12.0. The fourth-order valence-corrected chi connectivity index (χ4v) is 1.84. The number of rotatable bonds is 4. The minimum absolute atomic E-state index is 0.687. The largest absolute Gasteiger partial charge is 0.458 e. The van der Waals surface area contributed by atoms with E-state index in [1.807, 2.05) is 33.0 Å². The van der Waals surface area contributed by atoms with Gasteiger partial charge in [0.05, 0.1) is 17.8 Å². The fourth-order valence-electron chi connectivity index (χ4n) is 1.84. The molecule has 0 unspecified atom stereocenters. The molecule has 1 aliphatic heterocycles. The quantitative estimate of drug-likeness (QED) is 0.553. The van der Waals surface area contributed by atoms with Crippen molar-refractivity contribution in [2.45, 2.75) is 26.7 Å². The van der Waals surface area contributed by atoms with Crippen molar-refractivity contribution in [1.29, 1.82) is 0 Å². The van der Waals surface area contributed by atoms with Crippen molar-refractivity contribution in [1.82, 2.24) is 4.90 Å². The molecule has 1 rings (SSSR count). The molecule has 0 amide bonds. The van der Waals surface area contributed by atoms with Crippen LogP contribution in [0.3, 0.4) is 0 Å². The highest BCUT2D eigenvalue weighted by atomic mass is 16.5. The summed E-state index contributed by atoms with van der Waals surface area (Å²) in [6, 6.07) is 0. The molecular formula is C17H21NO. The van der Waals surface area contributed by atoms with E-state index in [1.165, 1.54) is 0 Å². The minimum Gasteiger partial charge on any atom is -0.458 e. The zero-order chi connectivity index (χ0) is 14.3. The third kappa shape index (κ3) is 3.66. The summed E-state index contributed by atoms with van der Waals surface area (Å²) in [4.78, 5) is 2.10. The predicted molar refractivity (Wildman–Crippen MR) is 80.8 cm³/mol. The topological polar surface area (TPSA) is 12.5 Å². The van der Waals surface area contributed by atoms with Gasteiger partial charge in [-0.15, -0.1) is 5.92 Å². The van der Waals surface area contributed by atoms with Gasteiger partial charge in [-0.25, -0.2) is 0 Å². The summed E-state index contributed by atoms with van der Waals surface area (Å²) < 4.78 is 5.81. The smallest absolute Gasteiger partial charge is 0.150 e. The van der Waals surface area contributed by atoms with Gasteiger partial charge in [0, 0.05) is 13.5 Å².